The first-order valence-electron chi connectivity index (χ1n) is 7.55. The molecule has 0 aliphatic heterocycles. The summed E-state index contributed by atoms with van der Waals surface area (Å²) in [6.07, 6.45) is 11.3. The van der Waals surface area contributed by atoms with Crippen molar-refractivity contribution in [3.05, 3.63) is 0 Å². The van der Waals surface area contributed by atoms with Crippen molar-refractivity contribution in [2.45, 2.75) is 78.2 Å². The molecular weight excluding hydrogens is 194 g/mol. The second-order valence-electron chi connectivity index (χ2n) is 5.55. The maximum absolute atomic E-state index is 3.77. The van der Waals surface area contributed by atoms with Crippen LogP contribution in [0.3, 0.4) is 0 Å². The molecule has 0 aromatic carbocycles. The lowest BCUT2D eigenvalue weighted by Gasteiger charge is -2.23. The second-order valence-corrected chi connectivity index (χ2v) is 5.55. The highest BCUT2D eigenvalue weighted by Gasteiger charge is 2.31. The molecule has 1 aliphatic carbocycles. The predicted molar refractivity (Wildman–Crippen MR) is 72.7 cm³/mol. The van der Waals surface area contributed by atoms with Crippen LogP contribution in [0, 0.1) is 11.8 Å². The van der Waals surface area contributed by atoms with E-state index < -0.39 is 0 Å². The summed E-state index contributed by atoms with van der Waals surface area (Å²) in [6, 6.07) is 0.835. The summed E-state index contributed by atoms with van der Waals surface area (Å²) in [4.78, 5) is 0. The summed E-state index contributed by atoms with van der Waals surface area (Å²) >= 11 is 0. The molecule has 1 saturated carbocycles. The van der Waals surface area contributed by atoms with Gasteiger partial charge in [0.15, 0.2) is 0 Å². The number of hydrogen-bond acceptors (Lipinski definition) is 1. The molecule has 96 valence electrons. The van der Waals surface area contributed by atoms with Crippen LogP contribution in [0.4, 0.5) is 0 Å². The van der Waals surface area contributed by atoms with Crippen molar-refractivity contribution in [2.75, 3.05) is 6.54 Å². The Labute approximate surface area is 102 Å². The molecule has 1 heteroatoms. The quantitative estimate of drug-likeness (QED) is 0.582. The Kier molecular flexibility index (Phi) is 7.11. The van der Waals surface area contributed by atoms with Gasteiger partial charge in [0.05, 0.1) is 0 Å². The van der Waals surface area contributed by atoms with E-state index in [1.54, 1.807) is 0 Å². The van der Waals surface area contributed by atoms with E-state index in [2.05, 4.69) is 26.1 Å². The van der Waals surface area contributed by atoms with Gasteiger partial charge in [-0.3, -0.25) is 0 Å². The van der Waals surface area contributed by atoms with E-state index in [9.17, 15) is 0 Å². The van der Waals surface area contributed by atoms with Gasteiger partial charge in [0, 0.05) is 6.04 Å². The van der Waals surface area contributed by atoms with Gasteiger partial charge in [-0.15, -0.1) is 0 Å². The van der Waals surface area contributed by atoms with E-state index in [0.717, 1.165) is 17.9 Å². The highest BCUT2D eigenvalue weighted by atomic mass is 14.9. The first kappa shape index (κ1) is 14.0. The monoisotopic (exact) mass is 225 g/mol. The highest BCUT2D eigenvalue weighted by Crippen LogP contribution is 2.36. The van der Waals surface area contributed by atoms with Crippen LogP contribution < -0.4 is 5.32 Å². The molecule has 1 aliphatic rings. The molecule has 0 bridgehead atoms. The van der Waals surface area contributed by atoms with Crippen LogP contribution in [-0.4, -0.2) is 12.6 Å². The van der Waals surface area contributed by atoms with Crippen LogP contribution in [0.15, 0.2) is 0 Å². The number of nitrogens with one attached hydrogen (secondary N) is 1. The first-order chi connectivity index (χ1) is 7.81. The van der Waals surface area contributed by atoms with E-state index in [-0.39, 0.29) is 0 Å². The molecule has 1 fully saturated rings. The molecule has 0 aromatic rings. The minimum Gasteiger partial charge on any atom is -0.314 e. The van der Waals surface area contributed by atoms with E-state index in [1.165, 1.54) is 57.9 Å². The first-order valence-corrected chi connectivity index (χ1v) is 7.55. The van der Waals surface area contributed by atoms with E-state index in [0.29, 0.717) is 0 Å². The molecule has 1 N–H and O–H groups in total. The zero-order valence-corrected chi connectivity index (χ0v) is 11.6. The molecule has 0 amide bonds. The molecule has 1 rings (SSSR count). The van der Waals surface area contributed by atoms with Crippen LogP contribution in [0.1, 0.15) is 72.1 Å². The molecule has 2 unspecified atom stereocenters. The molecule has 0 spiro atoms. The Morgan fingerprint density at radius 3 is 2.38 bits per heavy atom. The van der Waals surface area contributed by atoms with E-state index in [1.807, 2.05) is 0 Å². The van der Waals surface area contributed by atoms with Crippen molar-refractivity contribution in [3.8, 4) is 0 Å². The van der Waals surface area contributed by atoms with Crippen molar-refractivity contribution in [2.24, 2.45) is 11.8 Å². The van der Waals surface area contributed by atoms with Crippen molar-refractivity contribution in [3.63, 3.8) is 0 Å². The molecular formula is C15H31N. The van der Waals surface area contributed by atoms with Crippen LogP contribution >= 0.6 is 0 Å². The Balaban J connectivity index is 2.26. The van der Waals surface area contributed by atoms with Crippen molar-refractivity contribution in [1.82, 2.24) is 5.32 Å². The largest absolute Gasteiger partial charge is 0.314 e. The summed E-state index contributed by atoms with van der Waals surface area (Å²) < 4.78 is 0. The Morgan fingerprint density at radius 2 is 1.88 bits per heavy atom. The molecule has 0 heterocycles. The fourth-order valence-electron chi connectivity index (χ4n) is 2.61. The van der Waals surface area contributed by atoms with Crippen LogP contribution in [0.5, 0.6) is 0 Å². The maximum Gasteiger partial charge on any atom is 0.00979 e. The average molecular weight is 225 g/mol. The topological polar surface area (TPSA) is 12.0 Å². The van der Waals surface area contributed by atoms with Gasteiger partial charge in [0.2, 0.25) is 0 Å². The molecule has 1 nitrogen and oxygen atoms in total. The lowest BCUT2D eigenvalue weighted by molar-refractivity contribution is 0.327. The fourth-order valence-corrected chi connectivity index (χ4v) is 2.61. The standard InChI is InChI=1S/C15H31N/c1-4-7-8-13(6-3)12-15(14-9-10-14)16-11-5-2/h13-16H,4-12H2,1-3H3. The summed E-state index contributed by atoms with van der Waals surface area (Å²) in [5.41, 5.74) is 0. The molecule has 0 saturated heterocycles. The molecule has 0 radical (unpaired) electrons. The molecule has 0 aromatic heterocycles. The van der Waals surface area contributed by atoms with Crippen LogP contribution in [-0.2, 0) is 0 Å². The van der Waals surface area contributed by atoms with Crippen LogP contribution in [0.25, 0.3) is 0 Å². The zero-order valence-electron chi connectivity index (χ0n) is 11.6. The molecule has 2 atom stereocenters. The Hall–Kier alpha value is -0.0400. The van der Waals surface area contributed by atoms with Gasteiger partial charge < -0.3 is 5.32 Å². The fraction of sp³-hybridized carbons (Fsp3) is 1.00. The highest BCUT2D eigenvalue weighted by molar-refractivity contribution is 4.87. The number of hydrogen-bond donors (Lipinski definition) is 1. The van der Waals surface area contributed by atoms with Gasteiger partial charge in [-0.05, 0) is 44.1 Å². The predicted octanol–water partition coefficient (Wildman–Crippen LogP) is 4.37. The smallest absolute Gasteiger partial charge is 0.00979 e. The van der Waals surface area contributed by atoms with Gasteiger partial charge in [-0.25, -0.2) is 0 Å². The van der Waals surface area contributed by atoms with Gasteiger partial charge in [-0.1, -0.05) is 46.5 Å². The third-order valence-electron chi connectivity index (χ3n) is 3.98. The number of unbranched alkanes of at least 4 members (excludes halogenated alkanes) is 1. The summed E-state index contributed by atoms with van der Waals surface area (Å²) in [6.45, 7) is 8.15. The maximum atomic E-state index is 3.77. The summed E-state index contributed by atoms with van der Waals surface area (Å²) in [7, 11) is 0. The second kappa shape index (κ2) is 8.11. The van der Waals surface area contributed by atoms with Crippen molar-refractivity contribution in [1.29, 1.82) is 0 Å². The summed E-state index contributed by atoms with van der Waals surface area (Å²) in [5.74, 6) is 1.98. The van der Waals surface area contributed by atoms with Gasteiger partial charge >= 0.3 is 0 Å². The van der Waals surface area contributed by atoms with Crippen molar-refractivity contribution < 1.29 is 0 Å². The van der Waals surface area contributed by atoms with Crippen LogP contribution in [0.2, 0.25) is 0 Å². The summed E-state index contributed by atoms with van der Waals surface area (Å²) in [5, 5.41) is 3.77. The number of rotatable bonds is 10. The van der Waals surface area contributed by atoms with Gasteiger partial charge in [0.1, 0.15) is 0 Å². The van der Waals surface area contributed by atoms with Gasteiger partial charge in [-0.2, -0.15) is 0 Å². The van der Waals surface area contributed by atoms with Gasteiger partial charge in [0.25, 0.3) is 0 Å². The Bertz CT molecular complexity index is 163. The van der Waals surface area contributed by atoms with E-state index in [4.69, 9.17) is 0 Å². The van der Waals surface area contributed by atoms with Crippen molar-refractivity contribution >= 4 is 0 Å². The lowest BCUT2D eigenvalue weighted by atomic mass is 9.90. The average Bonchev–Trinajstić information content (AvgIpc) is 3.12. The Morgan fingerprint density at radius 1 is 1.12 bits per heavy atom. The zero-order chi connectivity index (χ0) is 11.8. The minimum atomic E-state index is 0.835. The van der Waals surface area contributed by atoms with E-state index >= 15 is 0 Å². The lowest BCUT2D eigenvalue weighted by Crippen LogP contribution is -2.33. The SMILES string of the molecule is CCCCC(CC)CC(NCCC)C1CC1. The third-order valence-corrected chi connectivity index (χ3v) is 3.98. The molecule has 16 heavy (non-hydrogen) atoms. The third kappa shape index (κ3) is 5.34. The normalized spacial score (nSPS) is 19.7. The minimum absolute atomic E-state index is 0.835.